The monoisotopic (exact) mass is 240 g/mol. The van der Waals surface area contributed by atoms with Crippen molar-refractivity contribution in [3.63, 3.8) is 0 Å². The SMILES string of the molecule is CCC(C)C(CN(C)C1CCCC(C)C1)NC. The summed E-state index contributed by atoms with van der Waals surface area (Å²) < 4.78 is 0. The Morgan fingerprint density at radius 3 is 2.59 bits per heavy atom. The molecule has 4 unspecified atom stereocenters. The first kappa shape index (κ1) is 15.0. The van der Waals surface area contributed by atoms with Crippen molar-refractivity contribution in [2.45, 2.75) is 65.0 Å². The Morgan fingerprint density at radius 1 is 1.35 bits per heavy atom. The number of nitrogens with zero attached hydrogens (tertiary/aromatic N) is 1. The van der Waals surface area contributed by atoms with Crippen LogP contribution in [0.15, 0.2) is 0 Å². The Labute approximate surface area is 108 Å². The quantitative estimate of drug-likeness (QED) is 0.767. The van der Waals surface area contributed by atoms with Crippen molar-refractivity contribution in [2.75, 3.05) is 20.6 Å². The van der Waals surface area contributed by atoms with Gasteiger partial charge in [-0.25, -0.2) is 0 Å². The van der Waals surface area contributed by atoms with Gasteiger partial charge in [0.15, 0.2) is 0 Å². The maximum Gasteiger partial charge on any atom is 0.0217 e. The van der Waals surface area contributed by atoms with E-state index < -0.39 is 0 Å². The normalized spacial score (nSPS) is 29.3. The Kier molecular flexibility index (Phi) is 6.50. The maximum atomic E-state index is 3.49. The van der Waals surface area contributed by atoms with Gasteiger partial charge in [-0.3, -0.25) is 0 Å². The second kappa shape index (κ2) is 7.38. The van der Waals surface area contributed by atoms with Gasteiger partial charge in [0, 0.05) is 18.6 Å². The number of rotatable bonds is 6. The van der Waals surface area contributed by atoms with Crippen LogP contribution in [-0.4, -0.2) is 37.6 Å². The van der Waals surface area contributed by atoms with Crippen molar-refractivity contribution in [2.24, 2.45) is 11.8 Å². The molecule has 1 fully saturated rings. The Bertz CT molecular complexity index is 205. The lowest BCUT2D eigenvalue weighted by molar-refractivity contribution is 0.140. The second-order valence-corrected chi connectivity index (χ2v) is 6.15. The van der Waals surface area contributed by atoms with Crippen LogP contribution < -0.4 is 5.32 Å². The van der Waals surface area contributed by atoms with Crippen LogP contribution >= 0.6 is 0 Å². The van der Waals surface area contributed by atoms with E-state index in [1.54, 1.807) is 0 Å². The van der Waals surface area contributed by atoms with Crippen LogP contribution in [0.2, 0.25) is 0 Å². The highest BCUT2D eigenvalue weighted by Gasteiger charge is 2.25. The Hall–Kier alpha value is -0.0800. The minimum absolute atomic E-state index is 0.641. The molecule has 2 heteroatoms. The number of hydrogen-bond acceptors (Lipinski definition) is 2. The van der Waals surface area contributed by atoms with Gasteiger partial charge in [-0.15, -0.1) is 0 Å². The molecule has 0 spiro atoms. The molecule has 1 aliphatic rings. The van der Waals surface area contributed by atoms with E-state index in [0.29, 0.717) is 6.04 Å². The summed E-state index contributed by atoms with van der Waals surface area (Å²) in [5.74, 6) is 1.69. The lowest BCUT2D eigenvalue weighted by Crippen LogP contribution is -2.46. The van der Waals surface area contributed by atoms with Gasteiger partial charge >= 0.3 is 0 Å². The van der Waals surface area contributed by atoms with Crippen LogP contribution in [0.5, 0.6) is 0 Å². The smallest absolute Gasteiger partial charge is 0.0217 e. The number of hydrogen-bond donors (Lipinski definition) is 1. The van der Waals surface area contributed by atoms with Crippen LogP contribution in [-0.2, 0) is 0 Å². The zero-order valence-corrected chi connectivity index (χ0v) is 12.5. The van der Waals surface area contributed by atoms with E-state index in [1.165, 1.54) is 38.6 Å². The predicted molar refractivity (Wildman–Crippen MR) is 76.4 cm³/mol. The van der Waals surface area contributed by atoms with Gasteiger partial charge in [-0.2, -0.15) is 0 Å². The highest BCUT2D eigenvalue weighted by molar-refractivity contribution is 4.81. The average Bonchev–Trinajstić information content (AvgIpc) is 2.34. The number of likely N-dealkylation sites (N-methyl/N-ethyl adjacent to an activating group) is 2. The fraction of sp³-hybridized carbons (Fsp3) is 1.00. The van der Waals surface area contributed by atoms with Crippen molar-refractivity contribution < 1.29 is 0 Å². The fourth-order valence-electron chi connectivity index (χ4n) is 3.10. The first-order valence-corrected chi connectivity index (χ1v) is 7.45. The minimum atomic E-state index is 0.641. The zero-order chi connectivity index (χ0) is 12.8. The summed E-state index contributed by atoms with van der Waals surface area (Å²) in [6.45, 7) is 8.25. The second-order valence-electron chi connectivity index (χ2n) is 6.15. The molecule has 0 aliphatic heterocycles. The van der Waals surface area contributed by atoms with E-state index in [-0.39, 0.29) is 0 Å². The van der Waals surface area contributed by atoms with Crippen LogP contribution in [0.25, 0.3) is 0 Å². The van der Waals surface area contributed by atoms with E-state index in [1.807, 2.05) is 0 Å². The van der Waals surface area contributed by atoms with Gasteiger partial charge in [0.25, 0.3) is 0 Å². The lowest BCUT2D eigenvalue weighted by atomic mass is 9.86. The summed E-state index contributed by atoms with van der Waals surface area (Å²) in [6, 6.07) is 1.46. The van der Waals surface area contributed by atoms with E-state index in [9.17, 15) is 0 Å². The van der Waals surface area contributed by atoms with Gasteiger partial charge in [0.2, 0.25) is 0 Å². The first-order valence-electron chi connectivity index (χ1n) is 7.45. The van der Waals surface area contributed by atoms with Crippen molar-refractivity contribution in [1.29, 1.82) is 0 Å². The third-order valence-electron chi connectivity index (χ3n) is 4.72. The van der Waals surface area contributed by atoms with Crippen LogP contribution in [0.3, 0.4) is 0 Å². The van der Waals surface area contributed by atoms with Gasteiger partial charge in [0.1, 0.15) is 0 Å². The molecule has 0 aromatic carbocycles. The summed E-state index contributed by atoms with van der Waals surface area (Å²) in [7, 11) is 4.42. The molecule has 0 heterocycles. The summed E-state index contributed by atoms with van der Waals surface area (Å²) in [5.41, 5.74) is 0. The molecule has 1 N–H and O–H groups in total. The van der Waals surface area contributed by atoms with E-state index in [2.05, 4.69) is 45.1 Å². The van der Waals surface area contributed by atoms with Crippen molar-refractivity contribution >= 4 is 0 Å². The first-order chi connectivity index (χ1) is 8.08. The van der Waals surface area contributed by atoms with E-state index in [0.717, 1.165) is 17.9 Å². The third kappa shape index (κ3) is 4.59. The predicted octanol–water partition coefficient (Wildman–Crippen LogP) is 3.13. The van der Waals surface area contributed by atoms with E-state index in [4.69, 9.17) is 0 Å². The molecule has 1 saturated carbocycles. The molecule has 0 radical (unpaired) electrons. The molecule has 1 aliphatic carbocycles. The summed E-state index contributed by atoms with van der Waals surface area (Å²) in [5, 5.41) is 3.49. The molecule has 0 aromatic rings. The summed E-state index contributed by atoms with van der Waals surface area (Å²) in [4.78, 5) is 2.60. The zero-order valence-electron chi connectivity index (χ0n) is 12.5. The topological polar surface area (TPSA) is 15.3 Å². The van der Waals surface area contributed by atoms with Crippen molar-refractivity contribution in [3.8, 4) is 0 Å². The van der Waals surface area contributed by atoms with Crippen LogP contribution in [0, 0.1) is 11.8 Å². The third-order valence-corrected chi connectivity index (χ3v) is 4.72. The molecule has 0 aromatic heterocycles. The van der Waals surface area contributed by atoms with Gasteiger partial charge in [-0.1, -0.05) is 40.0 Å². The molecule has 102 valence electrons. The lowest BCUT2D eigenvalue weighted by Gasteiger charge is -2.37. The van der Waals surface area contributed by atoms with Crippen molar-refractivity contribution in [3.05, 3.63) is 0 Å². The molecule has 1 rings (SSSR count). The Balaban J connectivity index is 2.43. The number of nitrogens with one attached hydrogen (secondary N) is 1. The van der Waals surface area contributed by atoms with Crippen LogP contribution in [0.4, 0.5) is 0 Å². The molecular formula is C15H32N2. The molecular weight excluding hydrogens is 208 g/mol. The molecule has 4 atom stereocenters. The summed E-state index contributed by atoms with van der Waals surface area (Å²) >= 11 is 0. The molecule has 2 nitrogen and oxygen atoms in total. The standard InChI is InChI=1S/C15H32N2/c1-6-13(3)15(16-4)11-17(5)14-9-7-8-12(2)10-14/h12-16H,6-11H2,1-5H3. The van der Waals surface area contributed by atoms with Gasteiger partial charge in [-0.05, 0) is 38.8 Å². The fourth-order valence-corrected chi connectivity index (χ4v) is 3.10. The maximum absolute atomic E-state index is 3.49. The molecule has 0 amide bonds. The van der Waals surface area contributed by atoms with Gasteiger partial charge in [0.05, 0.1) is 0 Å². The largest absolute Gasteiger partial charge is 0.315 e. The minimum Gasteiger partial charge on any atom is -0.315 e. The molecule has 0 bridgehead atoms. The highest BCUT2D eigenvalue weighted by Crippen LogP contribution is 2.27. The Morgan fingerprint density at radius 2 is 2.06 bits per heavy atom. The van der Waals surface area contributed by atoms with E-state index >= 15 is 0 Å². The molecule has 0 saturated heterocycles. The highest BCUT2D eigenvalue weighted by atomic mass is 15.2. The van der Waals surface area contributed by atoms with Crippen molar-refractivity contribution in [1.82, 2.24) is 10.2 Å². The average molecular weight is 240 g/mol. The van der Waals surface area contributed by atoms with Crippen LogP contribution in [0.1, 0.15) is 52.9 Å². The van der Waals surface area contributed by atoms with Gasteiger partial charge < -0.3 is 10.2 Å². The summed E-state index contributed by atoms with van der Waals surface area (Å²) in [6.07, 6.45) is 6.92. The molecule has 17 heavy (non-hydrogen) atoms.